The zero-order valence-corrected chi connectivity index (χ0v) is 15.4. The fourth-order valence-corrected chi connectivity index (χ4v) is 4.64. The van der Waals surface area contributed by atoms with Crippen LogP contribution in [0.15, 0.2) is 0 Å². The Labute approximate surface area is 150 Å². The number of nitrogens with one attached hydrogen (secondary N) is 1. The molecule has 3 aliphatic rings. The number of halogens is 1. The van der Waals surface area contributed by atoms with E-state index in [2.05, 4.69) is 5.32 Å². The molecule has 6 nitrogen and oxygen atoms in total. The average Bonchev–Trinajstić information content (AvgIpc) is 2.54. The van der Waals surface area contributed by atoms with Crippen LogP contribution in [0.2, 0.25) is 0 Å². The topological polar surface area (TPSA) is 78.7 Å². The molecular formula is C17H31ClN4O2. The highest BCUT2D eigenvalue weighted by molar-refractivity contribution is 5.85. The van der Waals surface area contributed by atoms with Gasteiger partial charge in [-0.05, 0) is 44.4 Å². The van der Waals surface area contributed by atoms with Gasteiger partial charge >= 0.3 is 6.03 Å². The molecule has 3 amide bonds. The Bertz CT molecular complexity index is 440. The highest BCUT2D eigenvalue weighted by Crippen LogP contribution is 2.42. The van der Waals surface area contributed by atoms with Crippen molar-refractivity contribution in [2.45, 2.75) is 45.1 Å². The Balaban J connectivity index is 0.00000208. The Morgan fingerprint density at radius 3 is 2.12 bits per heavy atom. The summed E-state index contributed by atoms with van der Waals surface area (Å²) in [6.07, 6.45) is 5.58. The van der Waals surface area contributed by atoms with Gasteiger partial charge in [0.15, 0.2) is 0 Å². The summed E-state index contributed by atoms with van der Waals surface area (Å²) in [4.78, 5) is 28.5. The summed E-state index contributed by atoms with van der Waals surface area (Å²) in [6.45, 7) is 5.15. The number of urea groups is 1. The first-order valence-corrected chi connectivity index (χ1v) is 9.17. The highest BCUT2D eigenvalue weighted by atomic mass is 35.5. The number of rotatable bonds is 2. The Hall–Kier alpha value is -1.01. The van der Waals surface area contributed by atoms with Crippen molar-refractivity contribution in [1.82, 2.24) is 15.1 Å². The third kappa shape index (κ3) is 3.97. The van der Waals surface area contributed by atoms with Crippen molar-refractivity contribution < 1.29 is 9.59 Å². The predicted molar refractivity (Wildman–Crippen MR) is 96.0 cm³/mol. The molecule has 0 aromatic heterocycles. The summed E-state index contributed by atoms with van der Waals surface area (Å²) in [6, 6.07) is 0.292. The molecule has 1 saturated heterocycles. The summed E-state index contributed by atoms with van der Waals surface area (Å²) in [5.74, 6) is 1.52. The quantitative estimate of drug-likeness (QED) is 0.783. The second-order valence-electron chi connectivity index (χ2n) is 7.34. The number of fused-ring (bicyclic) bond motifs is 2. The van der Waals surface area contributed by atoms with Crippen molar-refractivity contribution in [2.24, 2.45) is 23.5 Å². The molecule has 7 heteroatoms. The number of carbonyl (C=O) groups excluding carboxylic acids is 2. The summed E-state index contributed by atoms with van der Waals surface area (Å²) < 4.78 is 0. The lowest BCUT2D eigenvalue weighted by molar-refractivity contribution is -0.140. The minimum atomic E-state index is -0.0160. The van der Waals surface area contributed by atoms with E-state index in [1.165, 1.54) is 19.3 Å². The zero-order chi connectivity index (χ0) is 16.4. The largest absolute Gasteiger partial charge is 0.339 e. The molecule has 3 N–H and O–H groups in total. The van der Waals surface area contributed by atoms with Crippen molar-refractivity contribution in [3.05, 3.63) is 0 Å². The molecule has 2 bridgehead atoms. The van der Waals surface area contributed by atoms with Gasteiger partial charge in [0.05, 0.1) is 0 Å². The van der Waals surface area contributed by atoms with E-state index in [1.54, 1.807) is 4.90 Å². The molecule has 0 aromatic carbocycles. The van der Waals surface area contributed by atoms with Crippen LogP contribution in [0.25, 0.3) is 0 Å². The molecule has 0 aromatic rings. The molecule has 2 atom stereocenters. The van der Waals surface area contributed by atoms with Crippen LogP contribution in [0.4, 0.5) is 4.79 Å². The van der Waals surface area contributed by atoms with Crippen LogP contribution in [-0.4, -0.2) is 60.5 Å². The summed E-state index contributed by atoms with van der Waals surface area (Å²) in [7, 11) is 0. The Morgan fingerprint density at radius 2 is 1.58 bits per heavy atom. The van der Waals surface area contributed by atoms with E-state index in [1.807, 2.05) is 11.8 Å². The van der Waals surface area contributed by atoms with Crippen LogP contribution < -0.4 is 11.1 Å². The fourth-order valence-electron chi connectivity index (χ4n) is 4.64. The molecule has 3 fully saturated rings. The van der Waals surface area contributed by atoms with Gasteiger partial charge in [-0.2, -0.15) is 0 Å². The number of carbonyl (C=O) groups is 2. The van der Waals surface area contributed by atoms with E-state index >= 15 is 0 Å². The van der Waals surface area contributed by atoms with Crippen molar-refractivity contribution >= 4 is 24.3 Å². The molecule has 3 rings (SSSR count). The number of hydrogen-bond donors (Lipinski definition) is 2. The molecule has 24 heavy (non-hydrogen) atoms. The minimum absolute atomic E-state index is 0. The van der Waals surface area contributed by atoms with Gasteiger partial charge in [0.1, 0.15) is 0 Å². The summed E-state index contributed by atoms with van der Waals surface area (Å²) in [5, 5.41) is 2.82. The van der Waals surface area contributed by atoms with Crippen LogP contribution in [0.3, 0.4) is 0 Å². The van der Waals surface area contributed by atoms with Crippen LogP contribution in [0, 0.1) is 17.8 Å². The Kier molecular flexibility index (Phi) is 6.75. The van der Waals surface area contributed by atoms with Gasteiger partial charge < -0.3 is 20.9 Å². The van der Waals surface area contributed by atoms with Gasteiger partial charge in [-0.1, -0.05) is 6.42 Å². The number of piperazine rings is 1. The van der Waals surface area contributed by atoms with Crippen LogP contribution in [0.5, 0.6) is 0 Å². The van der Waals surface area contributed by atoms with Crippen molar-refractivity contribution in [1.29, 1.82) is 0 Å². The minimum Gasteiger partial charge on any atom is -0.339 e. The van der Waals surface area contributed by atoms with Crippen LogP contribution >= 0.6 is 12.4 Å². The number of nitrogens with two attached hydrogens (primary N) is 1. The van der Waals surface area contributed by atoms with Crippen molar-refractivity contribution in [3.63, 3.8) is 0 Å². The van der Waals surface area contributed by atoms with Gasteiger partial charge in [0, 0.05) is 44.7 Å². The first-order valence-electron chi connectivity index (χ1n) is 9.17. The van der Waals surface area contributed by atoms with E-state index in [0.29, 0.717) is 56.5 Å². The second kappa shape index (κ2) is 8.39. The molecule has 1 heterocycles. The first-order chi connectivity index (χ1) is 11.1. The predicted octanol–water partition coefficient (Wildman–Crippen LogP) is 1.44. The van der Waals surface area contributed by atoms with E-state index in [4.69, 9.17) is 5.73 Å². The molecular weight excluding hydrogens is 328 g/mol. The molecule has 0 spiro atoms. The molecule has 0 radical (unpaired) electrons. The standard InChI is InChI=1S/C17H30N4O2.ClH/c1-2-19-17(23)21-8-6-20(7-9-21)16(22)14-10-12-4-3-5-13(11-14)15(12)18;/h12-15H,2-11,18H2,1H3,(H,19,23);1H. The lowest BCUT2D eigenvalue weighted by Crippen LogP contribution is -2.55. The molecule has 2 unspecified atom stereocenters. The maximum Gasteiger partial charge on any atom is 0.317 e. The number of nitrogens with zero attached hydrogens (tertiary/aromatic N) is 2. The van der Waals surface area contributed by atoms with Crippen molar-refractivity contribution in [3.8, 4) is 0 Å². The summed E-state index contributed by atoms with van der Waals surface area (Å²) >= 11 is 0. The normalized spacial score (nSPS) is 32.8. The van der Waals surface area contributed by atoms with Gasteiger partial charge in [0.25, 0.3) is 0 Å². The van der Waals surface area contributed by atoms with E-state index in [0.717, 1.165) is 12.8 Å². The van der Waals surface area contributed by atoms with Crippen molar-refractivity contribution in [2.75, 3.05) is 32.7 Å². The monoisotopic (exact) mass is 358 g/mol. The van der Waals surface area contributed by atoms with Gasteiger partial charge in [0.2, 0.25) is 5.91 Å². The zero-order valence-electron chi connectivity index (χ0n) is 14.6. The van der Waals surface area contributed by atoms with Gasteiger partial charge in [-0.15, -0.1) is 12.4 Å². The highest BCUT2D eigenvalue weighted by Gasteiger charge is 2.42. The maximum atomic E-state index is 12.9. The molecule has 138 valence electrons. The second-order valence-corrected chi connectivity index (χ2v) is 7.34. The van der Waals surface area contributed by atoms with E-state index < -0.39 is 0 Å². The maximum absolute atomic E-state index is 12.9. The SMILES string of the molecule is CCNC(=O)N1CCN(C(=O)C2CC3CCCC(C2)C3N)CC1.Cl. The molecule has 2 saturated carbocycles. The lowest BCUT2D eigenvalue weighted by Gasteiger charge is -2.45. The number of amides is 3. The van der Waals surface area contributed by atoms with Gasteiger partial charge in [-0.25, -0.2) is 4.79 Å². The molecule has 1 aliphatic heterocycles. The number of hydrogen-bond acceptors (Lipinski definition) is 3. The smallest absolute Gasteiger partial charge is 0.317 e. The fraction of sp³-hybridized carbons (Fsp3) is 0.882. The Morgan fingerprint density at radius 1 is 1.04 bits per heavy atom. The average molecular weight is 359 g/mol. The summed E-state index contributed by atoms with van der Waals surface area (Å²) in [5.41, 5.74) is 6.33. The van der Waals surface area contributed by atoms with Crippen LogP contribution in [-0.2, 0) is 4.79 Å². The van der Waals surface area contributed by atoms with Crippen LogP contribution in [0.1, 0.15) is 39.0 Å². The lowest BCUT2D eigenvalue weighted by atomic mass is 9.65. The third-order valence-corrected chi connectivity index (χ3v) is 5.97. The third-order valence-electron chi connectivity index (χ3n) is 5.97. The van der Waals surface area contributed by atoms with E-state index in [-0.39, 0.29) is 24.4 Å². The van der Waals surface area contributed by atoms with E-state index in [9.17, 15) is 9.59 Å². The molecule has 2 aliphatic carbocycles. The first kappa shape index (κ1) is 19.3. The van der Waals surface area contributed by atoms with Gasteiger partial charge in [-0.3, -0.25) is 4.79 Å².